The van der Waals surface area contributed by atoms with Crippen molar-refractivity contribution in [2.24, 2.45) is 0 Å². The summed E-state index contributed by atoms with van der Waals surface area (Å²) in [5.41, 5.74) is -0.618. The lowest BCUT2D eigenvalue weighted by molar-refractivity contribution is -0.387. The fraction of sp³-hybridized carbons (Fsp3) is 0.111. The van der Waals surface area contributed by atoms with Gasteiger partial charge in [0.2, 0.25) is 0 Å². The van der Waals surface area contributed by atoms with Crippen LogP contribution in [0.15, 0.2) is 23.1 Å². The molecule has 0 unspecified atom stereocenters. The normalized spacial score (nSPS) is 9.88. The maximum absolute atomic E-state index is 10.7. The minimum atomic E-state index is -1.28. The van der Waals surface area contributed by atoms with E-state index in [0.717, 1.165) is 17.8 Å². The molecule has 0 spiro atoms. The number of hydrogen-bond acceptors (Lipinski definition) is 5. The molecule has 0 amide bonds. The van der Waals surface area contributed by atoms with E-state index in [1.165, 1.54) is 12.1 Å². The second kappa shape index (κ2) is 5.30. The predicted molar refractivity (Wildman–Crippen MR) is 58.4 cm³/mol. The molecule has 0 atom stereocenters. The van der Waals surface area contributed by atoms with Crippen LogP contribution < -0.4 is 0 Å². The van der Waals surface area contributed by atoms with Gasteiger partial charge in [-0.1, -0.05) is 0 Å². The van der Waals surface area contributed by atoms with E-state index in [-0.39, 0.29) is 16.2 Å². The Bertz CT molecular complexity index is 486. The van der Waals surface area contributed by atoms with Gasteiger partial charge in [0, 0.05) is 6.07 Å². The second-order valence-electron chi connectivity index (χ2n) is 2.93. The second-order valence-corrected chi connectivity index (χ2v) is 3.94. The third-order valence-electron chi connectivity index (χ3n) is 1.75. The summed E-state index contributed by atoms with van der Waals surface area (Å²) >= 11 is 0.770. The molecule has 1 aromatic carbocycles. The molecule has 90 valence electrons. The molecule has 0 bridgehead atoms. The van der Waals surface area contributed by atoms with Crippen molar-refractivity contribution < 1.29 is 24.7 Å². The molecule has 1 aromatic rings. The standard InChI is InChI=1S/C9H7NO6S/c11-8(12)4-17-7-2-1-5(9(13)14)3-6(7)10(15)16/h1-3H,4H2,(H,11,12)(H,13,14). The van der Waals surface area contributed by atoms with Crippen LogP contribution >= 0.6 is 11.8 Å². The van der Waals surface area contributed by atoms with Crippen molar-refractivity contribution >= 4 is 29.4 Å². The lowest BCUT2D eigenvalue weighted by atomic mass is 10.2. The number of hydrogen-bond donors (Lipinski definition) is 2. The highest BCUT2D eigenvalue weighted by Gasteiger charge is 2.18. The highest BCUT2D eigenvalue weighted by atomic mass is 32.2. The number of thioether (sulfide) groups is 1. The molecular weight excluding hydrogens is 250 g/mol. The number of nitro groups is 1. The van der Waals surface area contributed by atoms with Crippen LogP contribution in [-0.2, 0) is 4.79 Å². The van der Waals surface area contributed by atoms with Gasteiger partial charge in [-0.05, 0) is 12.1 Å². The largest absolute Gasteiger partial charge is 0.481 e. The van der Waals surface area contributed by atoms with E-state index in [4.69, 9.17) is 10.2 Å². The van der Waals surface area contributed by atoms with Crippen molar-refractivity contribution in [2.45, 2.75) is 4.90 Å². The molecule has 7 nitrogen and oxygen atoms in total. The number of aromatic carboxylic acids is 1. The van der Waals surface area contributed by atoms with Crippen molar-refractivity contribution in [3.8, 4) is 0 Å². The minimum Gasteiger partial charge on any atom is -0.481 e. The summed E-state index contributed by atoms with van der Waals surface area (Å²) < 4.78 is 0. The smallest absolute Gasteiger partial charge is 0.335 e. The summed E-state index contributed by atoms with van der Waals surface area (Å²) in [5, 5.41) is 27.8. The fourth-order valence-corrected chi connectivity index (χ4v) is 1.78. The zero-order chi connectivity index (χ0) is 13.0. The Morgan fingerprint density at radius 2 is 2.00 bits per heavy atom. The molecule has 17 heavy (non-hydrogen) atoms. The number of carboxylic acid groups (broad SMARTS) is 2. The Kier molecular flexibility index (Phi) is 4.05. The van der Waals surface area contributed by atoms with Crippen LogP contribution in [0.4, 0.5) is 5.69 Å². The third kappa shape index (κ3) is 3.45. The van der Waals surface area contributed by atoms with Crippen LogP contribution in [0.2, 0.25) is 0 Å². The van der Waals surface area contributed by atoms with E-state index in [1.807, 2.05) is 0 Å². The topological polar surface area (TPSA) is 118 Å². The van der Waals surface area contributed by atoms with Gasteiger partial charge in [-0.15, -0.1) is 11.8 Å². The quantitative estimate of drug-likeness (QED) is 0.465. The first-order valence-corrected chi connectivity index (χ1v) is 5.26. The third-order valence-corrected chi connectivity index (χ3v) is 2.80. The van der Waals surface area contributed by atoms with Gasteiger partial charge >= 0.3 is 11.9 Å². The highest BCUT2D eigenvalue weighted by molar-refractivity contribution is 8.00. The summed E-state index contributed by atoms with van der Waals surface area (Å²) in [5.74, 6) is -2.71. The highest BCUT2D eigenvalue weighted by Crippen LogP contribution is 2.29. The molecule has 0 heterocycles. The Balaban J connectivity index is 3.08. The summed E-state index contributed by atoms with van der Waals surface area (Å²) in [6.07, 6.45) is 0. The summed E-state index contributed by atoms with van der Waals surface area (Å²) in [4.78, 5) is 31.1. The number of carbonyl (C=O) groups is 2. The molecular formula is C9H7NO6S. The van der Waals surface area contributed by atoms with E-state index in [9.17, 15) is 19.7 Å². The number of carboxylic acids is 2. The van der Waals surface area contributed by atoms with Crippen LogP contribution in [0.5, 0.6) is 0 Å². The summed E-state index contributed by atoms with van der Waals surface area (Å²) in [6, 6.07) is 3.33. The summed E-state index contributed by atoms with van der Waals surface area (Å²) in [7, 11) is 0. The summed E-state index contributed by atoms with van der Waals surface area (Å²) in [6.45, 7) is 0. The SMILES string of the molecule is O=C(O)CSc1ccc(C(=O)O)cc1[N+](=O)[O-]. The molecule has 2 N–H and O–H groups in total. The van der Waals surface area contributed by atoms with Crippen molar-refractivity contribution in [1.82, 2.24) is 0 Å². The first kappa shape index (κ1) is 13.0. The number of aliphatic carboxylic acids is 1. The van der Waals surface area contributed by atoms with Gasteiger partial charge in [-0.2, -0.15) is 0 Å². The number of rotatable bonds is 5. The lowest BCUT2D eigenvalue weighted by Gasteiger charge is -2.02. The monoisotopic (exact) mass is 257 g/mol. The molecule has 1 rings (SSSR count). The average molecular weight is 257 g/mol. The molecule has 0 saturated heterocycles. The first-order valence-electron chi connectivity index (χ1n) is 4.28. The minimum absolute atomic E-state index is 0.127. The van der Waals surface area contributed by atoms with Crippen molar-refractivity contribution in [3.05, 3.63) is 33.9 Å². The van der Waals surface area contributed by atoms with E-state index >= 15 is 0 Å². The number of benzene rings is 1. The van der Waals surface area contributed by atoms with Crippen molar-refractivity contribution in [2.75, 3.05) is 5.75 Å². The van der Waals surface area contributed by atoms with E-state index in [2.05, 4.69) is 0 Å². The Labute approximate surface area is 99.2 Å². The van der Waals surface area contributed by atoms with Crippen LogP contribution in [0.1, 0.15) is 10.4 Å². The lowest BCUT2D eigenvalue weighted by Crippen LogP contribution is -2.01. The predicted octanol–water partition coefficient (Wildman–Crippen LogP) is 1.47. The van der Waals surface area contributed by atoms with Gasteiger partial charge < -0.3 is 10.2 Å². The van der Waals surface area contributed by atoms with Gasteiger partial charge in [-0.3, -0.25) is 14.9 Å². The first-order chi connectivity index (χ1) is 7.91. The number of nitrogens with zero attached hydrogens (tertiary/aromatic N) is 1. The number of nitro benzene ring substituents is 1. The Morgan fingerprint density at radius 3 is 2.47 bits per heavy atom. The molecule has 0 aromatic heterocycles. The maximum atomic E-state index is 10.7. The van der Waals surface area contributed by atoms with Crippen LogP contribution in [0.25, 0.3) is 0 Å². The van der Waals surface area contributed by atoms with E-state index < -0.39 is 22.5 Å². The average Bonchev–Trinajstić information content (AvgIpc) is 2.25. The molecule has 0 radical (unpaired) electrons. The van der Waals surface area contributed by atoms with Crippen LogP contribution in [0, 0.1) is 10.1 Å². The molecule has 0 aliphatic carbocycles. The fourth-order valence-electron chi connectivity index (χ4n) is 1.05. The molecule has 0 aliphatic heterocycles. The van der Waals surface area contributed by atoms with Crippen molar-refractivity contribution in [1.29, 1.82) is 0 Å². The zero-order valence-corrected chi connectivity index (χ0v) is 9.14. The van der Waals surface area contributed by atoms with Crippen molar-refractivity contribution in [3.63, 3.8) is 0 Å². The van der Waals surface area contributed by atoms with Gasteiger partial charge in [-0.25, -0.2) is 4.79 Å². The van der Waals surface area contributed by atoms with Crippen LogP contribution in [0.3, 0.4) is 0 Å². The van der Waals surface area contributed by atoms with Gasteiger partial charge in [0.15, 0.2) is 0 Å². The molecule has 0 fully saturated rings. The maximum Gasteiger partial charge on any atom is 0.335 e. The van der Waals surface area contributed by atoms with Crippen LogP contribution in [-0.4, -0.2) is 32.8 Å². The molecule has 0 saturated carbocycles. The van der Waals surface area contributed by atoms with E-state index in [0.29, 0.717) is 0 Å². The van der Waals surface area contributed by atoms with E-state index in [1.54, 1.807) is 0 Å². The molecule has 8 heteroatoms. The zero-order valence-electron chi connectivity index (χ0n) is 8.32. The van der Waals surface area contributed by atoms with Gasteiger partial charge in [0.25, 0.3) is 5.69 Å². The Morgan fingerprint density at radius 1 is 1.35 bits per heavy atom. The molecule has 0 aliphatic rings. The van der Waals surface area contributed by atoms with Gasteiger partial charge in [0.05, 0.1) is 21.1 Å². The van der Waals surface area contributed by atoms with Gasteiger partial charge in [0.1, 0.15) is 0 Å². The Hall–Kier alpha value is -2.09.